The van der Waals surface area contributed by atoms with Gasteiger partial charge in [0.1, 0.15) is 0 Å². The highest BCUT2D eigenvalue weighted by atomic mass is 79.9. The van der Waals surface area contributed by atoms with Crippen LogP contribution in [0.3, 0.4) is 0 Å². The molecule has 152 valence electrons. The number of benzene rings is 3. The monoisotopic (exact) mass is 465 g/mol. The molecule has 0 radical (unpaired) electrons. The van der Waals surface area contributed by atoms with E-state index in [2.05, 4.69) is 20.9 Å². The lowest BCUT2D eigenvalue weighted by Gasteiger charge is -2.13. The molecule has 0 unspecified atom stereocenters. The van der Waals surface area contributed by atoms with Gasteiger partial charge in [-0.15, -0.1) is 0 Å². The normalized spacial score (nSPS) is 14.7. The summed E-state index contributed by atoms with van der Waals surface area (Å²) in [6, 6.07) is 17.4. The van der Waals surface area contributed by atoms with E-state index in [4.69, 9.17) is 14.2 Å². The van der Waals surface area contributed by atoms with Crippen molar-refractivity contribution in [3.05, 3.63) is 75.9 Å². The fourth-order valence-electron chi connectivity index (χ4n) is 3.31. The van der Waals surface area contributed by atoms with Crippen molar-refractivity contribution in [1.29, 1.82) is 0 Å². The molecule has 3 aromatic rings. The Balaban J connectivity index is 1.74. The van der Waals surface area contributed by atoms with Gasteiger partial charge in [0, 0.05) is 5.56 Å². The van der Waals surface area contributed by atoms with Gasteiger partial charge in [0.2, 0.25) is 5.90 Å². The summed E-state index contributed by atoms with van der Waals surface area (Å²) in [4.78, 5) is 17.0. The highest BCUT2D eigenvalue weighted by Crippen LogP contribution is 2.38. The van der Waals surface area contributed by atoms with Crippen LogP contribution in [0.25, 0.3) is 16.8 Å². The molecule has 1 aliphatic heterocycles. The van der Waals surface area contributed by atoms with Crippen molar-refractivity contribution in [2.75, 3.05) is 13.2 Å². The van der Waals surface area contributed by atoms with E-state index in [9.17, 15) is 4.79 Å². The van der Waals surface area contributed by atoms with E-state index in [1.54, 1.807) is 6.08 Å². The van der Waals surface area contributed by atoms with Crippen molar-refractivity contribution < 1.29 is 19.0 Å². The van der Waals surface area contributed by atoms with Crippen molar-refractivity contribution >= 4 is 44.6 Å². The van der Waals surface area contributed by atoms with E-state index in [0.717, 1.165) is 26.4 Å². The van der Waals surface area contributed by atoms with Crippen LogP contribution in [0.2, 0.25) is 0 Å². The molecule has 5 nitrogen and oxygen atoms in total. The van der Waals surface area contributed by atoms with Crippen molar-refractivity contribution in [3.8, 4) is 11.5 Å². The van der Waals surface area contributed by atoms with Crippen LogP contribution in [-0.2, 0) is 9.53 Å². The molecule has 0 aromatic heterocycles. The molecular weight excluding hydrogens is 446 g/mol. The van der Waals surface area contributed by atoms with Crippen LogP contribution in [0.4, 0.5) is 0 Å². The third kappa shape index (κ3) is 3.96. The zero-order chi connectivity index (χ0) is 21.1. The molecule has 3 aromatic carbocycles. The molecule has 0 N–H and O–H groups in total. The molecule has 0 saturated carbocycles. The Hall–Kier alpha value is -3.12. The Morgan fingerprint density at radius 2 is 1.80 bits per heavy atom. The number of aliphatic imine (C=N–C) groups is 1. The van der Waals surface area contributed by atoms with Gasteiger partial charge in [0.15, 0.2) is 17.2 Å². The predicted octanol–water partition coefficient (Wildman–Crippen LogP) is 5.74. The highest BCUT2D eigenvalue weighted by molar-refractivity contribution is 9.10. The summed E-state index contributed by atoms with van der Waals surface area (Å²) in [6.07, 6.45) is 1.68. The average Bonchev–Trinajstić information content (AvgIpc) is 3.10. The molecule has 0 amide bonds. The maximum Gasteiger partial charge on any atom is 0.363 e. The zero-order valence-electron chi connectivity index (χ0n) is 16.6. The molecule has 0 bridgehead atoms. The van der Waals surface area contributed by atoms with Crippen LogP contribution >= 0.6 is 15.9 Å². The van der Waals surface area contributed by atoms with Crippen molar-refractivity contribution in [3.63, 3.8) is 0 Å². The lowest BCUT2D eigenvalue weighted by molar-refractivity contribution is -0.129. The number of fused-ring (bicyclic) bond motifs is 1. The third-order valence-corrected chi connectivity index (χ3v) is 5.15. The van der Waals surface area contributed by atoms with Crippen molar-refractivity contribution in [2.24, 2.45) is 4.99 Å². The first-order valence-corrected chi connectivity index (χ1v) is 10.5. The van der Waals surface area contributed by atoms with Gasteiger partial charge < -0.3 is 14.2 Å². The predicted molar refractivity (Wildman–Crippen MR) is 121 cm³/mol. The average molecular weight is 466 g/mol. The van der Waals surface area contributed by atoms with Crippen LogP contribution in [0.15, 0.2) is 69.8 Å². The van der Waals surface area contributed by atoms with Crippen LogP contribution in [0, 0.1) is 0 Å². The van der Waals surface area contributed by atoms with Gasteiger partial charge in [-0.25, -0.2) is 9.79 Å². The molecule has 30 heavy (non-hydrogen) atoms. The summed E-state index contributed by atoms with van der Waals surface area (Å²) < 4.78 is 17.6. The first kappa shape index (κ1) is 20.2. The molecule has 1 heterocycles. The number of hydrogen-bond donors (Lipinski definition) is 0. The number of hydrogen-bond acceptors (Lipinski definition) is 5. The lowest BCUT2D eigenvalue weighted by Crippen LogP contribution is -2.05. The summed E-state index contributed by atoms with van der Waals surface area (Å²) >= 11 is 3.52. The van der Waals surface area contributed by atoms with Gasteiger partial charge in [0.25, 0.3) is 0 Å². The summed E-state index contributed by atoms with van der Waals surface area (Å²) in [5.74, 6) is 1.06. The zero-order valence-corrected chi connectivity index (χ0v) is 18.2. The molecule has 0 atom stereocenters. The number of carbonyl (C=O) groups is 1. The van der Waals surface area contributed by atoms with Gasteiger partial charge in [-0.1, -0.05) is 36.4 Å². The smallest absolute Gasteiger partial charge is 0.363 e. The number of ether oxygens (including phenoxy) is 3. The Kier molecular flexibility index (Phi) is 5.86. The molecule has 1 aliphatic rings. The number of carbonyl (C=O) groups excluding carboxylic acids is 1. The Labute approximate surface area is 183 Å². The van der Waals surface area contributed by atoms with E-state index in [-0.39, 0.29) is 5.70 Å². The van der Waals surface area contributed by atoms with Gasteiger partial charge in [-0.3, -0.25) is 0 Å². The second-order valence-corrected chi connectivity index (χ2v) is 7.41. The summed E-state index contributed by atoms with van der Waals surface area (Å²) in [5, 5.41) is 2.04. The second-order valence-electron chi connectivity index (χ2n) is 6.56. The molecule has 4 rings (SSSR count). The van der Waals surface area contributed by atoms with Crippen LogP contribution in [0.1, 0.15) is 25.0 Å². The van der Waals surface area contributed by atoms with Crippen molar-refractivity contribution in [2.45, 2.75) is 13.8 Å². The molecule has 0 spiro atoms. The lowest BCUT2D eigenvalue weighted by atomic mass is 10.0. The van der Waals surface area contributed by atoms with Crippen LogP contribution in [-0.4, -0.2) is 25.1 Å². The van der Waals surface area contributed by atoms with E-state index in [0.29, 0.717) is 30.6 Å². The van der Waals surface area contributed by atoms with Crippen LogP contribution in [0.5, 0.6) is 11.5 Å². The van der Waals surface area contributed by atoms with E-state index in [1.165, 1.54) is 0 Å². The summed E-state index contributed by atoms with van der Waals surface area (Å²) in [5.41, 5.74) is 1.77. The topological polar surface area (TPSA) is 57.1 Å². The molecule has 0 saturated heterocycles. The highest BCUT2D eigenvalue weighted by Gasteiger charge is 2.25. The molecule has 6 heteroatoms. The molecule has 0 fully saturated rings. The fraction of sp³-hybridized carbons (Fsp3) is 0.167. The number of cyclic esters (lactones) is 1. The number of nitrogens with zero attached hydrogens (tertiary/aromatic N) is 1. The SMILES string of the molecule is CCOc1cc(C=C2N=C(c3cccc4ccccc34)OC2=O)cc(Br)c1OCC. The largest absolute Gasteiger partial charge is 0.490 e. The fourth-order valence-corrected chi connectivity index (χ4v) is 3.89. The van der Waals surface area contributed by atoms with Gasteiger partial charge in [0.05, 0.1) is 17.7 Å². The maximum atomic E-state index is 12.5. The third-order valence-electron chi connectivity index (χ3n) is 4.56. The Bertz CT molecular complexity index is 1180. The van der Waals surface area contributed by atoms with E-state index < -0.39 is 5.97 Å². The first-order valence-electron chi connectivity index (χ1n) is 9.70. The van der Waals surface area contributed by atoms with E-state index >= 15 is 0 Å². The minimum absolute atomic E-state index is 0.233. The summed E-state index contributed by atoms with van der Waals surface area (Å²) in [7, 11) is 0. The Morgan fingerprint density at radius 3 is 2.60 bits per heavy atom. The maximum absolute atomic E-state index is 12.5. The minimum atomic E-state index is -0.485. The second kappa shape index (κ2) is 8.71. The molecular formula is C24H20BrNO4. The van der Waals surface area contributed by atoms with Gasteiger partial charge >= 0.3 is 5.97 Å². The summed E-state index contributed by atoms with van der Waals surface area (Å²) in [6.45, 7) is 4.84. The van der Waals surface area contributed by atoms with Crippen molar-refractivity contribution in [1.82, 2.24) is 0 Å². The van der Waals surface area contributed by atoms with Gasteiger partial charge in [-0.05, 0) is 70.4 Å². The minimum Gasteiger partial charge on any atom is -0.490 e. The van der Waals surface area contributed by atoms with Gasteiger partial charge in [-0.2, -0.15) is 0 Å². The quantitative estimate of drug-likeness (QED) is 0.343. The number of rotatable bonds is 6. The van der Waals surface area contributed by atoms with Crippen LogP contribution < -0.4 is 9.47 Å². The first-order chi connectivity index (χ1) is 14.6. The standard InChI is InChI=1S/C24H20BrNO4/c1-3-28-21-14-15(12-19(25)22(21)29-4-2)13-20-24(27)30-23(26-20)18-11-7-9-16-8-5-6-10-17(16)18/h5-14H,3-4H2,1-2H3. The molecule has 0 aliphatic carbocycles. The Morgan fingerprint density at radius 1 is 1.03 bits per heavy atom. The van der Waals surface area contributed by atoms with E-state index in [1.807, 2.05) is 68.4 Å². The number of halogens is 1. The number of esters is 1.